The molecule has 0 amide bonds. The Kier molecular flexibility index (Phi) is 1.63. The van der Waals surface area contributed by atoms with E-state index in [1.807, 2.05) is 0 Å². The van der Waals surface area contributed by atoms with E-state index in [1.165, 1.54) is 6.20 Å². The lowest BCUT2D eigenvalue weighted by Crippen LogP contribution is -1.82. The highest BCUT2D eigenvalue weighted by Crippen LogP contribution is 2.19. The normalized spacial score (nSPS) is 8.90. The van der Waals surface area contributed by atoms with Gasteiger partial charge in [-0.2, -0.15) is 4.39 Å². The smallest absolute Gasteiger partial charge is 0.239 e. The third-order valence-corrected chi connectivity index (χ3v) is 1.19. The van der Waals surface area contributed by atoms with Crippen LogP contribution >= 0.6 is 0 Å². The summed E-state index contributed by atoms with van der Waals surface area (Å²) in [5.74, 6) is -0.685. The summed E-state index contributed by atoms with van der Waals surface area (Å²) >= 11 is 0. The summed E-state index contributed by atoms with van der Waals surface area (Å²) in [6.45, 7) is 8.25. The summed E-state index contributed by atoms with van der Waals surface area (Å²) in [4.78, 5) is 6.31. The fourth-order valence-corrected chi connectivity index (χ4v) is 0.652. The van der Waals surface area contributed by atoms with Crippen molar-refractivity contribution >= 4 is 5.69 Å². The highest BCUT2D eigenvalue weighted by Gasteiger charge is 2.03. The number of rotatable bonds is 0. The van der Waals surface area contributed by atoms with Crippen LogP contribution in [0.2, 0.25) is 0 Å². The van der Waals surface area contributed by atoms with E-state index in [2.05, 4.69) is 9.83 Å². The number of nitrogens with zero attached hydrogens (tertiary/aromatic N) is 2. The maximum absolute atomic E-state index is 12.5. The van der Waals surface area contributed by atoms with Crippen LogP contribution in [0.5, 0.6) is 0 Å². The molecule has 0 radical (unpaired) electrons. The summed E-state index contributed by atoms with van der Waals surface area (Å²) in [6.07, 6.45) is 1.35. The molecule has 0 spiro atoms. The second-order valence-corrected chi connectivity index (χ2v) is 1.88. The molecular weight excluding hydrogens is 131 g/mol. The molecule has 0 fully saturated rings. The molecule has 0 aliphatic rings. The van der Waals surface area contributed by atoms with Crippen molar-refractivity contribution in [3.05, 3.63) is 35.2 Å². The van der Waals surface area contributed by atoms with Gasteiger partial charge < -0.3 is 0 Å². The van der Waals surface area contributed by atoms with Gasteiger partial charge in [0.1, 0.15) is 0 Å². The predicted molar refractivity (Wildman–Crippen MR) is 35.2 cm³/mol. The number of halogens is 1. The number of hydrogen-bond donors (Lipinski definition) is 0. The van der Waals surface area contributed by atoms with Crippen LogP contribution < -0.4 is 0 Å². The minimum atomic E-state index is -0.685. The zero-order valence-corrected chi connectivity index (χ0v) is 5.43. The van der Waals surface area contributed by atoms with E-state index in [-0.39, 0.29) is 5.69 Å². The van der Waals surface area contributed by atoms with E-state index in [0.29, 0.717) is 5.56 Å². The van der Waals surface area contributed by atoms with Crippen molar-refractivity contribution in [1.29, 1.82) is 0 Å². The van der Waals surface area contributed by atoms with E-state index >= 15 is 0 Å². The second kappa shape index (κ2) is 2.44. The summed E-state index contributed by atoms with van der Waals surface area (Å²) in [7, 11) is 0. The molecule has 0 aromatic carbocycles. The molecule has 0 saturated heterocycles. The molecule has 1 rings (SSSR count). The number of hydrogen-bond acceptors (Lipinski definition) is 1. The van der Waals surface area contributed by atoms with Gasteiger partial charge in [-0.15, -0.1) is 0 Å². The molecular formula is C7H5FN2. The Balaban J connectivity index is 3.34. The monoisotopic (exact) mass is 136 g/mol. The van der Waals surface area contributed by atoms with Gasteiger partial charge in [0.25, 0.3) is 0 Å². The Morgan fingerprint density at radius 1 is 1.70 bits per heavy atom. The topological polar surface area (TPSA) is 17.2 Å². The van der Waals surface area contributed by atoms with Crippen LogP contribution in [0.1, 0.15) is 5.56 Å². The lowest BCUT2D eigenvalue weighted by Gasteiger charge is -1.94. The zero-order chi connectivity index (χ0) is 7.56. The first-order valence-corrected chi connectivity index (χ1v) is 2.74. The van der Waals surface area contributed by atoms with Gasteiger partial charge in [0, 0.05) is 6.20 Å². The first kappa shape index (κ1) is 6.69. The third-order valence-electron chi connectivity index (χ3n) is 1.19. The Hall–Kier alpha value is -1.43. The average Bonchev–Trinajstić information content (AvgIpc) is 1.88. The molecule has 0 bridgehead atoms. The second-order valence-electron chi connectivity index (χ2n) is 1.88. The summed E-state index contributed by atoms with van der Waals surface area (Å²) in [5.41, 5.74) is 0.644. The van der Waals surface area contributed by atoms with Crippen LogP contribution in [0.15, 0.2) is 12.3 Å². The summed E-state index contributed by atoms with van der Waals surface area (Å²) < 4.78 is 12.5. The average molecular weight is 136 g/mol. The van der Waals surface area contributed by atoms with Crippen molar-refractivity contribution in [2.45, 2.75) is 6.92 Å². The maximum Gasteiger partial charge on any atom is 0.243 e. The van der Waals surface area contributed by atoms with Crippen LogP contribution in [0.25, 0.3) is 4.85 Å². The minimum absolute atomic E-state index is 0.0162. The molecule has 0 aliphatic heterocycles. The van der Waals surface area contributed by atoms with Crippen LogP contribution in [-0.2, 0) is 0 Å². The number of aryl methyl sites for hydroxylation is 1. The molecule has 0 N–H and O–H groups in total. The van der Waals surface area contributed by atoms with Gasteiger partial charge in [0.2, 0.25) is 11.6 Å². The van der Waals surface area contributed by atoms with E-state index in [1.54, 1.807) is 13.0 Å². The fraction of sp³-hybridized carbons (Fsp3) is 0.143. The maximum atomic E-state index is 12.5. The van der Waals surface area contributed by atoms with E-state index in [4.69, 9.17) is 6.57 Å². The van der Waals surface area contributed by atoms with E-state index in [0.717, 1.165) is 0 Å². The van der Waals surface area contributed by atoms with Crippen LogP contribution in [-0.4, -0.2) is 4.98 Å². The highest BCUT2D eigenvalue weighted by molar-refractivity contribution is 5.49. The summed E-state index contributed by atoms with van der Waals surface area (Å²) in [6, 6.07) is 1.61. The van der Waals surface area contributed by atoms with Crippen LogP contribution in [0.3, 0.4) is 0 Å². The van der Waals surface area contributed by atoms with Gasteiger partial charge in [-0.25, -0.2) is 9.83 Å². The Morgan fingerprint density at radius 2 is 2.40 bits per heavy atom. The fourth-order valence-electron chi connectivity index (χ4n) is 0.652. The SMILES string of the molecule is [C-]#[N+]c1c(C)ccnc1F. The Bertz CT molecular complexity index is 268. The molecule has 0 saturated carbocycles. The van der Waals surface area contributed by atoms with Gasteiger partial charge in [-0.3, -0.25) is 0 Å². The number of aromatic nitrogens is 1. The minimum Gasteiger partial charge on any atom is -0.239 e. The van der Waals surface area contributed by atoms with E-state index in [9.17, 15) is 4.39 Å². The Morgan fingerprint density at radius 3 is 2.80 bits per heavy atom. The van der Waals surface area contributed by atoms with Crippen molar-refractivity contribution in [2.75, 3.05) is 0 Å². The van der Waals surface area contributed by atoms with Crippen molar-refractivity contribution in [1.82, 2.24) is 4.98 Å². The van der Waals surface area contributed by atoms with Crippen molar-refractivity contribution < 1.29 is 4.39 Å². The van der Waals surface area contributed by atoms with Gasteiger partial charge in [0.05, 0.1) is 6.57 Å². The van der Waals surface area contributed by atoms with Crippen molar-refractivity contribution in [3.8, 4) is 0 Å². The van der Waals surface area contributed by atoms with Gasteiger partial charge in [0.15, 0.2) is 0 Å². The largest absolute Gasteiger partial charge is 0.243 e. The lowest BCUT2D eigenvalue weighted by molar-refractivity contribution is 0.589. The number of pyridine rings is 1. The van der Waals surface area contributed by atoms with Crippen molar-refractivity contribution in [3.63, 3.8) is 0 Å². The zero-order valence-electron chi connectivity index (χ0n) is 5.43. The Labute approximate surface area is 58.1 Å². The first-order chi connectivity index (χ1) is 4.75. The molecule has 0 atom stereocenters. The molecule has 1 heterocycles. The molecule has 1 aromatic heterocycles. The lowest BCUT2D eigenvalue weighted by atomic mass is 10.2. The third kappa shape index (κ3) is 0.960. The molecule has 10 heavy (non-hydrogen) atoms. The standard InChI is InChI=1S/C7H5FN2/c1-5-3-4-10-7(8)6(5)9-2/h3-4H,1H3. The van der Waals surface area contributed by atoms with Crippen molar-refractivity contribution in [2.24, 2.45) is 0 Å². The molecule has 50 valence electrons. The molecule has 0 aliphatic carbocycles. The van der Waals surface area contributed by atoms with Gasteiger partial charge >= 0.3 is 0 Å². The van der Waals surface area contributed by atoms with Crippen LogP contribution in [0.4, 0.5) is 10.1 Å². The quantitative estimate of drug-likeness (QED) is 0.394. The van der Waals surface area contributed by atoms with E-state index < -0.39 is 5.95 Å². The molecule has 1 aromatic rings. The van der Waals surface area contributed by atoms with Crippen LogP contribution in [0, 0.1) is 19.4 Å². The predicted octanol–water partition coefficient (Wildman–Crippen LogP) is 2.08. The molecule has 3 heteroatoms. The molecule has 2 nitrogen and oxygen atoms in total. The van der Waals surface area contributed by atoms with Gasteiger partial charge in [-0.05, 0) is 12.5 Å². The summed E-state index contributed by atoms with van der Waals surface area (Å²) in [5, 5.41) is 0. The highest BCUT2D eigenvalue weighted by atomic mass is 19.1. The molecule has 0 unspecified atom stereocenters. The van der Waals surface area contributed by atoms with Gasteiger partial charge in [-0.1, -0.05) is 6.07 Å². The first-order valence-electron chi connectivity index (χ1n) is 2.74.